The van der Waals surface area contributed by atoms with Gasteiger partial charge in [0.05, 0.1) is 12.7 Å². The first-order chi connectivity index (χ1) is 13.9. The van der Waals surface area contributed by atoms with Crippen LogP contribution in [-0.4, -0.2) is 31.0 Å². The molecule has 0 aliphatic heterocycles. The highest BCUT2D eigenvalue weighted by molar-refractivity contribution is 5.73. The molecule has 0 spiro atoms. The highest BCUT2D eigenvalue weighted by Crippen LogP contribution is 2.39. The summed E-state index contributed by atoms with van der Waals surface area (Å²) in [5.74, 6) is -1.64. The molecule has 30 heavy (non-hydrogen) atoms. The van der Waals surface area contributed by atoms with E-state index in [0.717, 1.165) is 32.1 Å². The van der Waals surface area contributed by atoms with Crippen LogP contribution in [0.3, 0.4) is 0 Å². The molecule has 2 aliphatic carbocycles. The Bertz CT molecular complexity index is 546. The van der Waals surface area contributed by atoms with Gasteiger partial charge in [0.2, 0.25) is 0 Å². The maximum Gasteiger partial charge on any atom is 0.404 e. The van der Waals surface area contributed by atoms with Crippen LogP contribution in [0.15, 0.2) is 0 Å². The number of halogens is 3. The molecule has 0 N–H and O–H groups in total. The number of esters is 1. The van der Waals surface area contributed by atoms with E-state index in [1.807, 2.05) is 13.8 Å². The smallest absolute Gasteiger partial charge is 0.404 e. The number of rotatable bonds is 7. The summed E-state index contributed by atoms with van der Waals surface area (Å²) in [6, 6.07) is 0. The normalized spacial score (nSPS) is 34.2. The lowest BCUT2D eigenvalue weighted by Gasteiger charge is -2.39. The molecule has 3 nitrogen and oxygen atoms in total. The van der Waals surface area contributed by atoms with Crippen molar-refractivity contribution in [3.63, 3.8) is 0 Å². The van der Waals surface area contributed by atoms with Crippen LogP contribution in [0.4, 0.5) is 13.2 Å². The minimum atomic E-state index is -4.67. The second kappa shape index (κ2) is 10.7. The van der Waals surface area contributed by atoms with Crippen molar-refractivity contribution in [2.75, 3.05) is 6.61 Å². The SMILES string of the molecule is CC(C)[C@@H]1CC[C@@H](C)CC1OC(=O)C(CO[C@@H]1C[C@H](C)CC[C@H]1C(C)C)C(F)(F)F. The minimum absolute atomic E-state index is 0.115. The van der Waals surface area contributed by atoms with Crippen molar-refractivity contribution in [3.05, 3.63) is 0 Å². The first-order valence-corrected chi connectivity index (χ1v) is 11.8. The van der Waals surface area contributed by atoms with Gasteiger partial charge in [0.25, 0.3) is 0 Å². The maximum atomic E-state index is 13.8. The average Bonchev–Trinajstić information content (AvgIpc) is 2.60. The molecule has 0 saturated heterocycles. The Hall–Kier alpha value is -0.780. The van der Waals surface area contributed by atoms with E-state index in [2.05, 4.69) is 27.7 Å². The molecule has 2 unspecified atom stereocenters. The largest absolute Gasteiger partial charge is 0.462 e. The zero-order valence-electron chi connectivity index (χ0n) is 19.5. The summed E-state index contributed by atoms with van der Waals surface area (Å²) < 4.78 is 52.6. The Morgan fingerprint density at radius 2 is 1.33 bits per heavy atom. The number of carbonyl (C=O) groups is 1. The molecule has 0 aromatic heterocycles. The highest BCUT2D eigenvalue weighted by Gasteiger charge is 2.48. The molecule has 7 atom stereocenters. The zero-order valence-corrected chi connectivity index (χ0v) is 19.5. The lowest BCUT2D eigenvalue weighted by molar-refractivity contribution is -0.217. The van der Waals surface area contributed by atoms with Gasteiger partial charge < -0.3 is 9.47 Å². The van der Waals surface area contributed by atoms with Crippen molar-refractivity contribution in [1.29, 1.82) is 0 Å². The second-order valence-corrected chi connectivity index (χ2v) is 10.6. The van der Waals surface area contributed by atoms with Crippen LogP contribution < -0.4 is 0 Å². The molecule has 2 rings (SSSR count). The predicted molar refractivity (Wildman–Crippen MR) is 112 cm³/mol. The van der Waals surface area contributed by atoms with Gasteiger partial charge in [-0.2, -0.15) is 13.2 Å². The monoisotopic (exact) mass is 434 g/mol. The first-order valence-electron chi connectivity index (χ1n) is 11.8. The Morgan fingerprint density at radius 3 is 1.80 bits per heavy atom. The van der Waals surface area contributed by atoms with E-state index in [0.29, 0.717) is 24.2 Å². The van der Waals surface area contributed by atoms with Crippen molar-refractivity contribution >= 4 is 5.97 Å². The van der Waals surface area contributed by atoms with Crippen LogP contribution in [0.5, 0.6) is 0 Å². The zero-order chi connectivity index (χ0) is 22.6. The molecule has 176 valence electrons. The standard InChI is InChI=1S/C24H41F3O3/c1-14(2)18-9-7-16(5)11-21(18)29-13-20(24(25,26)27)23(28)30-22-12-17(6)8-10-19(22)15(3)4/h14-22H,7-13H2,1-6H3/t16-,17-,18+,19+,20?,21-,22?/m1/s1. The molecule has 0 radical (unpaired) electrons. The summed E-state index contributed by atoms with van der Waals surface area (Å²) >= 11 is 0. The average molecular weight is 435 g/mol. The molecule has 0 heterocycles. The van der Waals surface area contributed by atoms with E-state index in [4.69, 9.17) is 9.47 Å². The van der Waals surface area contributed by atoms with Gasteiger partial charge in [-0.05, 0) is 61.2 Å². The Balaban J connectivity index is 2.06. The van der Waals surface area contributed by atoms with Gasteiger partial charge in [0.1, 0.15) is 6.10 Å². The molecule has 0 amide bonds. The summed E-state index contributed by atoms with van der Waals surface area (Å²) in [7, 11) is 0. The number of ether oxygens (including phenoxy) is 2. The summed E-state index contributed by atoms with van der Waals surface area (Å²) in [4.78, 5) is 12.7. The van der Waals surface area contributed by atoms with E-state index in [-0.39, 0.29) is 23.9 Å². The number of carbonyl (C=O) groups excluding carboxylic acids is 1. The molecule has 6 heteroatoms. The fourth-order valence-corrected chi connectivity index (χ4v) is 5.30. The van der Waals surface area contributed by atoms with Crippen molar-refractivity contribution in [3.8, 4) is 0 Å². The third-order valence-electron chi connectivity index (χ3n) is 7.35. The fourth-order valence-electron chi connectivity index (χ4n) is 5.30. The van der Waals surface area contributed by atoms with Gasteiger partial charge >= 0.3 is 12.1 Å². The Labute approximate surface area is 180 Å². The minimum Gasteiger partial charge on any atom is -0.462 e. The Morgan fingerprint density at radius 1 is 0.867 bits per heavy atom. The molecule has 2 aliphatic rings. The quantitative estimate of drug-likeness (QED) is 0.421. The topological polar surface area (TPSA) is 35.5 Å². The van der Waals surface area contributed by atoms with Gasteiger partial charge in [0.15, 0.2) is 5.92 Å². The van der Waals surface area contributed by atoms with Crippen molar-refractivity contribution < 1.29 is 27.4 Å². The summed E-state index contributed by atoms with van der Waals surface area (Å²) in [5, 5.41) is 0. The van der Waals surface area contributed by atoms with Crippen molar-refractivity contribution in [2.45, 2.75) is 98.5 Å². The van der Waals surface area contributed by atoms with Gasteiger partial charge in [-0.15, -0.1) is 0 Å². The molecule has 2 fully saturated rings. The van der Waals surface area contributed by atoms with Crippen molar-refractivity contribution in [2.24, 2.45) is 41.4 Å². The maximum absolute atomic E-state index is 13.8. The molecular formula is C24H41F3O3. The van der Waals surface area contributed by atoms with Gasteiger partial charge in [-0.25, -0.2) is 0 Å². The van der Waals surface area contributed by atoms with E-state index >= 15 is 0 Å². The van der Waals surface area contributed by atoms with Gasteiger partial charge in [-0.3, -0.25) is 4.79 Å². The molecule has 0 bridgehead atoms. The Kier molecular flexibility index (Phi) is 9.08. The van der Waals surface area contributed by atoms with E-state index in [1.165, 1.54) is 0 Å². The third kappa shape index (κ3) is 6.86. The molecule has 0 aromatic carbocycles. The molecule has 0 aromatic rings. The van der Waals surface area contributed by atoms with Gasteiger partial charge in [0, 0.05) is 0 Å². The number of alkyl halides is 3. The number of hydrogen-bond acceptors (Lipinski definition) is 3. The van der Waals surface area contributed by atoms with Crippen LogP contribution in [0, 0.1) is 41.4 Å². The molecular weight excluding hydrogens is 393 g/mol. The van der Waals surface area contributed by atoms with Crippen LogP contribution in [0.2, 0.25) is 0 Å². The van der Waals surface area contributed by atoms with E-state index in [1.54, 1.807) is 0 Å². The van der Waals surface area contributed by atoms with Crippen LogP contribution in [-0.2, 0) is 14.3 Å². The highest BCUT2D eigenvalue weighted by atomic mass is 19.4. The van der Waals surface area contributed by atoms with Crippen LogP contribution >= 0.6 is 0 Å². The van der Waals surface area contributed by atoms with E-state index < -0.39 is 30.8 Å². The van der Waals surface area contributed by atoms with Crippen LogP contribution in [0.1, 0.15) is 80.1 Å². The number of hydrogen-bond donors (Lipinski definition) is 0. The lowest BCUT2D eigenvalue weighted by atomic mass is 9.75. The second-order valence-electron chi connectivity index (χ2n) is 10.6. The summed E-state index contributed by atoms with van der Waals surface area (Å²) in [5.41, 5.74) is 0. The fraction of sp³-hybridized carbons (Fsp3) is 0.958. The predicted octanol–water partition coefficient (Wildman–Crippen LogP) is 6.65. The molecule has 2 saturated carbocycles. The summed E-state index contributed by atoms with van der Waals surface area (Å²) in [6.45, 7) is 11.8. The third-order valence-corrected chi connectivity index (χ3v) is 7.35. The van der Waals surface area contributed by atoms with Crippen molar-refractivity contribution in [1.82, 2.24) is 0 Å². The summed E-state index contributed by atoms with van der Waals surface area (Å²) in [6.07, 6.45) is -0.0101. The first kappa shape index (κ1) is 25.5. The van der Waals surface area contributed by atoms with E-state index in [9.17, 15) is 18.0 Å². The van der Waals surface area contributed by atoms with Crippen LogP contribution in [0.25, 0.3) is 0 Å². The van der Waals surface area contributed by atoms with Gasteiger partial charge in [-0.1, -0.05) is 54.4 Å². The lowest BCUT2D eigenvalue weighted by Crippen LogP contribution is -2.43.